The monoisotopic (exact) mass is 379 g/mol. The Labute approximate surface area is 170 Å². The van der Waals surface area contributed by atoms with Crippen LogP contribution in [0.25, 0.3) is 0 Å². The highest BCUT2D eigenvalue weighted by atomic mass is 16.2. The Morgan fingerprint density at radius 1 is 0.889 bits per heavy atom. The van der Waals surface area contributed by atoms with Crippen LogP contribution in [0.2, 0.25) is 0 Å². The highest BCUT2D eigenvalue weighted by molar-refractivity contribution is 5.76. The first-order valence-corrected chi connectivity index (χ1v) is 11.5. The van der Waals surface area contributed by atoms with Crippen LogP contribution in [-0.2, 0) is 4.79 Å². The summed E-state index contributed by atoms with van der Waals surface area (Å²) < 4.78 is 0. The van der Waals surface area contributed by atoms with Crippen molar-refractivity contribution < 1.29 is 4.79 Å². The molecule has 2 nitrogen and oxygen atoms in total. The van der Waals surface area contributed by atoms with Crippen molar-refractivity contribution in [3.63, 3.8) is 0 Å². The smallest absolute Gasteiger partial charge is 0.222 e. The fourth-order valence-electron chi connectivity index (χ4n) is 5.67. The van der Waals surface area contributed by atoms with Gasteiger partial charge in [-0.05, 0) is 53.8 Å². The Balaban J connectivity index is 2.48. The van der Waals surface area contributed by atoms with Crippen molar-refractivity contribution in [2.24, 2.45) is 28.1 Å². The number of amides is 1. The fourth-order valence-corrected chi connectivity index (χ4v) is 5.67. The maximum Gasteiger partial charge on any atom is 0.222 e. The molecule has 0 radical (unpaired) electrons. The van der Waals surface area contributed by atoms with E-state index in [1.165, 1.54) is 38.5 Å². The predicted molar refractivity (Wildman–Crippen MR) is 119 cm³/mol. The molecule has 0 N–H and O–H groups in total. The summed E-state index contributed by atoms with van der Waals surface area (Å²) in [4.78, 5) is 15.0. The van der Waals surface area contributed by atoms with E-state index in [2.05, 4.69) is 67.2 Å². The summed E-state index contributed by atoms with van der Waals surface area (Å²) >= 11 is 0. The Bertz CT molecular complexity index is 432. The van der Waals surface area contributed by atoms with E-state index in [1.807, 2.05) is 0 Å². The van der Waals surface area contributed by atoms with Gasteiger partial charge in [-0.2, -0.15) is 0 Å². The van der Waals surface area contributed by atoms with E-state index in [4.69, 9.17) is 0 Å². The summed E-state index contributed by atoms with van der Waals surface area (Å²) in [6.45, 7) is 23.1. The van der Waals surface area contributed by atoms with Gasteiger partial charge in [0.05, 0.1) is 0 Å². The Morgan fingerprint density at radius 2 is 1.44 bits per heavy atom. The summed E-state index contributed by atoms with van der Waals surface area (Å²) in [6, 6.07) is 0. The van der Waals surface area contributed by atoms with E-state index in [9.17, 15) is 4.79 Å². The molecule has 0 aliphatic carbocycles. The van der Waals surface area contributed by atoms with Crippen molar-refractivity contribution in [1.82, 2.24) is 4.90 Å². The third kappa shape index (κ3) is 9.01. The Morgan fingerprint density at radius 3 is 1.96 bits per heavy atom. The summed E-state index contributed by atoms with van der Waals surface area (Å²) in [5.74, 6) is 1.67. The molecule has 0 bridgehead atoms. The van der Waals surface area contributed by atoms with E-state index in [-0.39, 0.29) is 10.8 Å². The molecule has 0 saturated carbocycles. The lowest BCUT2D eigenvalue weighted by Crippen LogP contribution is -2.48. The third-order valence-corrected chi connectivity index (χ3v) is 6.22. The van der Waals surface area contributed by atoms with E-state index in [1.54, 1.807) is 0 Å². The molecule has 1 heterocycles. The number of likely N-dealkylation sites (tertiary alicyclic amines) is 1. The van der Waals surface area contributed by atoms with Gasteiger partial charge in [-0.15, -0.1) is 0 Å². The lowest BCUT2D eigenvalue weighted by atomic mass is 9.59. The van der Waals surface area contributed by atoms with E-state index >= 15 is 0 Å². The van der Waals surface area contributed by atoms with Gasteiger partial charge in [0.2, 0.25) is 5.91 Å². The van der Waals surface area contributed by atoms with Crippen LogP contribution in [0.3, 0.4) is 0 Å². The van der Waals surface area contributed by atoms with Crippen LogP contribution in [0.15, 0.2) is 0 Å². The lowest BCUT2D eigenvalue weighted by Gasteiger charge is -2.49. The number of unbranched alkanes of at least 4 members (excludes halogenated alkanes) is 3. The molecular weight excluding hydrogens is 330 g/mol. The van der Waals surface area contributed by atoms with Gasteiger partial charge in [-0.3, -0.25) is 4.79 Å². The van der Waals surface area contributed by atoms with E-state index in [0.29, 0.717) is 23.2 Å². The van der Waals surface area contributed by atoms with Gasteiger partial charge in [0.1, 0.15) is 0 Å². The molecule has 0 aromatic heterocycles. The maximum atomic E-state index is 12.8. The third-order valence-electron chi connectivity index (χ3n) is 6.22. The van der Waals surface area contributed by atoms with Crippen molar-refractivity contribution in [2.75, 3.05) is 13.1 Å². The molecule has 1 amide bonds. The van der Waals surface area contributed by atoms with Gasteiger partial charge in [0.25, 0.3) is 0 Å². The van der Waals surface area contributed by atoms with Crippen LogP contribution in [0.5, 0.6) is 0 Å². The number of nitrogens with zero attached hydrogens (tertiary/aromatic N) is 1. The minimum absolute atomic E-state index is 0.280. The number of hydrogen-bond acceptors (Lipinski definition) is 1. The van der Waals surface area contributed by atoms with Crippen LogP contribution in [0, 0.1) is 28.1 Å². The summed E-state index contributed by atoms with van der Waals surface area (Å²) in [5, 5.41) is 0. The van der Waals surface area contributed by atoms with Crippen molar-refractivity contribution in [3.05, 3.63) is 0 Å². The average molecular weight is 380 g/mol. The molecule has 160 valence electrons. The summed E-state index contributed by atoms with van der Waals surface area (Å²) in [7, 11) is 0. The van der Waals surface area contributed by atoms with Gasteiger partial charge in [0, 0.05) is 19.5 Å². The second-order valence-corrected chi connectivity index (χ2v) is 12.4. The van der Waals surface area contributed by atoms with Crippen LogP contribution < -0.4 is 0 Å². The lowest BCUT2D eigenvalue weighted by molar-refractivity contribution is -0.134. The summed E-state index contributed by atoms with van der Waals surface area (Å²) in [6.07, 6.45) is 9.30. The normalized spacial score (nSPS) is 19.6. The largest absolute Gasteiger partial charge is 0.342 e. The molecular formula is C25H49NO. The second kappa shape index (κ2) is 9.79. The van der Waals surface area contributed by atoms with E-state index in [0.717, 1.165) is 25.9 Å². The minimum atomic E-state index is 0.280. The zero-order valence-corrected chi connectivity index (χ0v) is 20.1. The quantitative estimate of drug-likeness (QED) is 0.424. The van der Waals surface area contributed by atoms with Crippen molar-refractivity contribution in [3.8, 4) is 0 Å². The van der Waals surface area contributed by atoms with Crippen LogP contribution in [0.1, 0.15) is 114 Å². The highest BCUT2D eigenvalue weighted by Crippen LogP contribution is 2.47. The molecule has 1 rings (SSSR count). The molecule has 1 saturated heterocycles. The molecule has 1 atom stereocenters. The zero-order valence-electron chi connectivity index (χ0n) is 20.1. The van der Waals surface area contributed by atoms with Crippen LogP contribution in [0.4, 0.5) is 0 Å². The van der Waals surface area contributed by atoms with Crippen molar-refractivity contribution in [2.45, 2.75) is 114 Å². The predicted octanol–water partition coefficient (Wildman–Crippen LogP) is 7.32. The van der Waals surface area contributed by atoms with Crippen molar-refractivity contribution in [1.29, 1.82) is 0 Å². The van der Waals surface area contributed by atoms with Gasteiger partial charge in [-0.1, -0.05) is 81.6 Å². The molecule has 1 aliphatic heterocycles. The minimum Gasteiger partial charge on any atom is -0.342 e. The first-order chi connectivity index (χ1) is 12.2. The Kier molecular flexibility index (Phi) is 8.89. The molecule has 0 spiro atoms. The van der Waals surface area contributed by atoms with Gasteiger partial charge in [0.15, 0.2) is 0 Å². The summed E-state index contributed by atoms with van der Waals surface area (Å²) in [5.41, 5.74) is 0.999. The molecule has 0 aromatic rings. The SMILES string of the molecule is CC(C)(C)CCCCCCC(=O)N1CCCC(C(C(C)(C)C)C(C)(C)C)C1. The number of rotatable bonds is 7. The first-order valence-electron chi connectivity index (χ1n) is 11.5. The van der Waals surface area contributed by atoms with Gasteiger partial charge in [-0.25, -0.2) is 0 Å². The standard InChI is InChI=1S/C25H49NO/c1-23(2,3)17-13-11-10-12-16-21(27)26-18-14-15-20(19-26)22(24(4,5)6)25(7,8)9/h20,22H,10-19H2,1-9H3. The Hall–Kier alpha value is -0.530. The van der Waals surface area contributed by atoms with Crippen LogP contribution >= 0.6 is 0 Å². The van der Waals surface area contributed by atoms with Crippen LogP contribution in [-0.4, -0.2) is 23.9 Å². The zero-order chi connectivity index (χ0) is 20.9. The highest BCUT2D eigenvalue weighted by Gasteiger charge is 2.42. The molecule has 2 heteroatoms. The molecule has 1 fully saturated rings. The second-order valence-electron chi connectivity index (χ2n) is 12.4. The first kappa shape index (κ1) is 24.5. The number of carbonyl (C=O) groups excluding carboxylic acids is 1. The fraction of sp³-hybridized carbons (Fsp3) is 0.960. The topological polar surface area (TPSA) is 20.3 Å². The average Bonchev–Trinajstić information content (AvgIpc) is 2.46. The van der Waals surface area contributed by atoms with Gasteiger partial charge < -0.3 is 4.90 Å². The molecule has 0 aromatic carbocycles. The number of hydrogen-bond donors (Lipinski definition) is 0. The van der Waals surface area contributed by atoms with Crippen molar-refractivity contribution >= 4 is 5.91 Å². The maximum absolute atomic E-state index is 12.8. The molecule has 27 heavy (non-hydrogen) atoms. The van der Waals surface area contributed by atoms with E-state index < -0.39 is 0 Å². The van der Waals surface area contributed by atoms with Gasteiger partial charge >= 0.3 is 0 Å². The number of piperidine rings is 1. The molecule has 1 unspecified atom stereocenters. The number of carbonyl (C=O) groups is 1. The molecule has 1 aliphatic rings.